The third kappa shape index (κ3) is 7.31. The van der Waals surface area contributed by atoms with Crippen molar-refractivity contribution >= 4 is 27.5 Å². The van der Waals surface area contributed by atoms with Crippen LogP contribution in [-0.4, -0.2) is 43.6 Å². The summed E-state index contributed by atoms with van der Waals surface area (Å²) >= 11 is 0. The van der Waals surface area contributed by atoms with E-state index < -0.39 is 27.9 Å². The molecule has 0 aliphatic heterocycles. The van der Waals surface area contributed by atoms with Crippen molar-refractivity contribution in [2.24, 2.45) is 0 Å². The van der Waals surface area contributed by atoms with E-state index in [1.54, 1.807) is 31.2 Å². The molecule has 0 bridgehead atoms. The number of carbonyl (C=O) groups excluding carboxylic acids is 1. The minimum absolute atomic E-state index is 0.137. The van der Waals surface area contributed by atoms with E-state index in [-0.39, 0.29) is 12.2 Å². The molecule has 116 valence electrons. The summed E-state index contributed by atoms with van der Waals surface area (Å²) in [6.07, 6.45) is 0.958. The number of amides is 2. The molecular weight excluding hydrogens is 296 g/mol. The fraction of sp³-hybridized carbons (Fsp3) is 0.385. The Labute approximate surface area is 123 Å². The van der Waals surface area contributed by atoms with Gasteiger partial charge in [-0.1, -0.05) is 12.1 Å². The Morgan fingerprint density at radius 3 is 2.57 bits per heavy atom. The molecule has 0 fully saturated rings. The van der Waals surface area contributed by atoms with Crippen molar-refractivity contribution in [3.63, 3.8) is 0 Å². The molecule has 0 radical (unpaired) electrons. The van der Waals surface area contributed by atoms with Crippen molar-refractivity contribution in [2.75, 3.05) is 17.3 Å². The maximum atomic E-state index is 11.7. The second-order valence-electron chi connectivity index (χ2n) is 4.86. The van der Waals surface area contributed by atoms with Crippen LogP contribution < -0.4 is 10.6 Å². The van der Waals surface area contributed by atoms with Gasteiger partial charge < -0.3 is 15.7 Å². The first-order chi connectivity index (χ1) is 9.65. The first-order valence-corrected chi connectivity index (χ1v) is 8.28. The van der Waals surface area contributed by atoms with Crippen molar-refractivity contribution in [3.05, 3.63) is 29.8 Å². The highest BCUT2D eigenvalue weighted by atomic mass is 32.2. The summed E-state index contributed by atoms with van der Waals surface area (Å²) in [5.41, 5.74) is 1.00. The number of carboxylic acids is 1. The van der Waals surface area contributed by atoms with Crippen molar-refractivity contribution in [2.45, 2.75) is 19.4 Å². The van der Waals surface area contributed by atoms with Crippen LogP contribution in [0.15, 0.2) is 24.3 Å². The Hall–Kier alpha value is -2.09. The van der Waals surface area contributed by atoms with Crippen LogP contribution in [0.5, 0.6) is 0 Å². The van der Waals surface area contributed by atoms with E-state index in [0.29, 0.717) is 11.3 Å². The van der Waals surface area contributed by atoms with Crippen LogP contribution in [-0.2, 0) is 21.1 Å². The standard InChI is InChI=1S/C13H18N2O5S/c1-9(8-21(2,19)20)14-13(18)15-11-5-3-4-10(6-11)7-12(16)17/h3-6,9H,7-8H2,1-2H3,(H,16,17)(H2,14,15,18). The van der Waals surface area contributed by atoms with Crippen molar-refractivity contribution in [1.82, 2.24) is 5.32 Å². The minimum atomic E-state index is -3.17. The van der Waals surface area contributed by atoms with Crippen LogP contribution in [0.25, 0.3) is 0 Å². The number of urea groups is 1. The number of benzene rings is 1. The normalized spacial score (nSPS) is 12.5. The Morgan fingerprint density at radius 1 is 1.33 bits per heavy atom. The largest absolute Gasteiger partial charge is 0.481 e. The number of nitrogens with one attached hydrogen (secondary N) is 2. The summed E-state index contributed by atoms with van der Waals surface area (Å²) < 4.78 is 22.2. The molecule has 0 aliphatic carbocycles. The molecule has 8 heteroatoms. The highest BCUT2D eigenvalue weighted by Crippen LogP contribution is 2.11. The average molecular weight is 314 g/mol. The van der Waals surface area contributed by atoms with Crippen LogP contribution >= 0.6 is 0 Å². The number of hydrogen-bond acceptors (Lipinski definition) is 4. The Balaban J connectivity index is 2.60. The summed E-state index contributed by atoms with van der Waals surface area (Å²) in [6, 6.07) is 5.37. The smallest absolute Gasteiger partial charge is 0.319 e. The predicted octanol–water partition coefficient (Wildman–Crippen LogP) is 0.868. The van der Waals surface area contributed by atoms with Gasteiger partial charge in [0.15, 0.2) is 0 Å². The zero-order valence-electron chi connectivity index (χ0n) is 11.8. The SMILES string of the molecule is CC(CS(C)(=O)=O)NC(=O)Nc1cccc(CC(=O)O)c1. The van der Waals surface area contributed by atoms with E-state index >= 15 is 0 Å². The monoisotopic (exact) mass is 314 g/mol. The van der Waals surface area contributed by atoms with Gasteiger partial charge in [0.05, 0.1) is 12.2 Å². The van der Waals surface area contributed by atoms with Gasteiger partial charge in [-0.3, -0.25) is 4.79 Å². The molecule has 2 amide bonds. The Kier molecular flexibility index (Phi) is 5.71. The third-order valence-electron chi connectivity index (χ3n) is 2.47. The number of hydrogen-bond donors (Lipinski definition) is 3. The molecule has 0 aromatic heterocycles. The van der Waals surface area contributed by atoms with E-state index in [1.165, 1.54) is 0 Å². The number of rotatable bonds is 6. The zero-order chi connectivity index (χ0) is 16.0. The van der Waals surface area contributed by atoms with E-state index in [4.69, 9.17) is 5.11 Å². The van der Waals surface area contributed by atoms with E-state index in [1.807, 2.05) is 0 Å². The highest BCUT2D eigenvalue weighted by Gasteiger charge is 2.13. The Morgan fingerprint density at radius 2 is 2.00 bits per heavy atom. The van der Waals surface area contributed by atoms with Crippen molar-refractivity contribution < 1.29 is 23.1 Å². The molecule has 0 saturated heterocycles. The van der Waals surface area contributed by atoms with E-state index in [9.17, 15) is 18.0 Å². The van der Waals surface area contributed by atoms with Crippen LogP contribution in [0, 0.1) is 0 Å². The molecule has 0 spiro atoms. The molecule has 1 atom stereocenters. The maximum Gasteiger partial charge on any atom is 0.319 e. The van der Waals surface area contributed by atoms with Gasteiger partial charge >= 0.3 is 12.0 Å². The predicted molar refractivity (Wildman–Crippen MR) is 79.1 cm³/mol. The molecule has 3 N–H and O–H groups in total. The molecule has 7 nitrogen and oxygen atoms in total. The fourth-order valence-electron chi connectivity index (χ4n) is 1.82. The van der Waals surface area contributed by atoms with Crippen molar-refractivity contribution in [3.8, 4) is 0 Å². The fourth-order valence-corrected chi connectivity index (χ4v) is 2.81. The first-order valence-electron chi connectivity index (χ1n) is 6.21. The molecule has 0 heterocycles. The van der Waals surface area contributed by atoms with Gasteiger partial charge in [0.25, 0.3) is 0 Å². The third-order valence-corrected chi connectivity index (χ3v) is 3.58. The molecular formula is C13H18N2O5S. The van der Waals surface area contributed by atoms with E-state index in [0.717, 1.165) is 6.26 Å². The average Bonchev–Trinajstić information content (AvgIpc) is 2.24. The van der Waals surface area contributed by atoms with Gasteiger partial charge in [-0.15, -0.1) is 0 Å². The van der Waals surface area contributed by atoms with Crippen LogP contribution in [0.4, 0.5) is 10.5 Å². The lowest BCUT2D eigenvalue weighted by molar-refractivity contribution is -0.136. The molecule has 0 saturated carbocycles. The van der Waals surface area contributed by atoms with Crippen LogP contribution in [0.1, 0.15) is 12.5 Å². The summed E-state index contributed by atoms with van der Waals surface area (Å²) in [4.78, 5) is 22.3. The van der Waals surface area contributed by atoms with Crippen molar-refractivity contribution in [1.29, 1.82) is 0 Å². The van der Waals surface area contributed by atoms with Crippen LogP contribution in [0.2, 0.25) is 0 Å². The summed E-state index contributed by atoms with van der Waals surface area (Å²) in [6.45, 7) is 1.58. The molecule has 1 unspecified atom stereocenters. The summed E-state index contributed by atoms with van der Waals surface area (Å²) in [5, 5.41) is 13.7. The summed E-state index contributed by atoms with van der Waals surface area (Å²) in [5.74, 6) is -1.11. The quantitative estimate of drug-likeness (QED) is 0.721. The zero-order valence-corrected chi connectivity index (χ0v) is 12.6. The van der Waals surface area contributed by atoms with Gasteiger partial charge in [-0.25, -0.2) is 13.2 Å². The first kappa shape index (κ1) is 17.0. The number of aliphatic carboxylic acids is 1. The number of sulfone groups is 1. The molecule has 0 aliphatic rings. The Bertz CT molecular complexity index is 627. The number of anilines is 1. The lowest BCUT2D eigenvalue weighted by atomic mass is 10.1. The number of carboxylic acid groups (broad SMARTS) is 1. The molecule has 21 heavy (non-hydrogen) atoms. The van der Waals surface area contributed by atoms with Gasteiger partial charge in [0.2, 0.25) is 0 Å². The molecule has 1 aromatic carbocycles. The summed E-state index contributed by atoms with van der Waals surface area (Å²) in [7, 11) is -3.17. The molecule has 1 rings (SSSR count). The van der Waals surface area contributed by atoms with Crippen LogP contribution in [0.3, 0.4) is 0 Å². The lowest BCUT2D eigenvalue weighted by Crippen LogP contribution is -2.39. The maximum absolute atomic E-state index is 11.7. The van der Waals surface area contributed by atoms with Gasteiger partial charge in [0.1, 0.15) is 9.84 Å². The molecule has 1 aromatic rings. The second kappa shape index (κ2) is 7.07. The van der Waals surface area contributed by atoms with Gasteiger partial charge in [-0.05, 0) is 24.6 Å². The number of carbonyl (C=O) groups is 2. The second-order valence-corrected chi connectivity index (χ2v) is 7.05. The van der Waals surface area contributed by atoms with Gasteiger partial charge in [0, 0.05) is 18.0 Å². The topological polar surface area (TPSA) is 113 Å². The highest BCUT2D eigenvalue weighted by molar-refractivity contribution is 7.90. The van der Waals surface area contributed by atoms with E-state index in [2.05, 4.69) is 10.6 Å². The van der Waals surface area contributed by atoms with Gasteiger partial charge in [-0.2, -0.15) is 0 Å². The lowest BCUT2D eigenvalue weighted by Gasteiger charge is -2.14. The minimum Gasteiger partial charge on any atom is -0.481 e.